The molecule has 0 fully saturated rings. The lowest BCUT2D eigenvalue weighted by Crippen LogP contribution is -2.27. The molecule has 4 nitrogen and oxygen atoms in total. The van der Waals surface area contributed by atoms with Crippen molar-refractivity contribution in [3.63, 3.8) is 0 Å². The molecule has 0 radical (unpaired) electrons. The Labute approximate surface area is 152 Å². The van der Waals surface area contributed by atoms with Crippen molar-refractivity contribution in [2.45, 2.75) is 23.9 Å². The predicted molar refractivity (Wildman–Crippen MR) is 95.2 cm³/mol. The van der Waals surface area contributed by atoms with Gasteiger partial charge in [0.25, 0.3) is 5.91 Å². The van der Waals surface area contributed by atoms with Crippen LogP contribution in [0.5, 0.6) is 0 Å². The van der Waals surface area contributed by atoms with E-state index in [1.165, 1.54) is 24.3 Å². The quantitative estimate of drug-likeness (QED) is 0.669. The summed E-state index contributed by atoms with van der Waals surface area (Å²) in [5.41, 5.74) is -2.12. The molecule has 0 aliphatic heterocycles. The summed E-state index contributed by atoms with van der Waals surface area (Å²) in [5.74, 6) is 0.532. The molecule has 136 valence electrons. The number of amides is 1. The molecule has 0 saturated heterocycles. The van der Waals surface area contributed by atoms with Gasteiger partial charge in [0.15, 0.2) is 0 Å². The van der Waals surface area contributed by atoms with Gasteiger partial charge in [-0.1, -0.05) is 12.1 Å². The molecule has 1 N–H and O–H groups in total. The first-order valence-corrected chi connectivity index (χ1v) is 8.71. The Morgan fingerprint density at radius 1 is 1.15 bits per heavy atom. The lowest BCUT2D eigenvalue weighted by atomic mass is 10.2. The van der Waals surface area contributed by atoms with Gasteiger partial charge in [0.2, 0.25) is 0 Å². The molecule has 0 aliphatic rings. The van der Waals surface area contributed by atoms with E-state index in [9.17, 15) is 18.0 Å². The van der Waals surface area contributed by atoms with Crippen molar-refractivity contribution in [2.75, 3.05) is 6.54 Å². The van der Waals surface area contributed by atoms with Crippen LogP contribution < -0.4 is 5.32 Å². The Morgan fingerprint density at radius 3 is 2.54 bits per heavy atom. The van der Waals surface area contributed by atoms with Crippen molar-refractivity contribution in [1.29, 1.82) is 0 Å². The van der Waals surface area contributed by atoms with Gasteiger partial charge in [-0.15, -0.1) is 0 Å². The zero-order valence-electron chi connectivity index (χ0n) is 13.9. The van der Waals surface area contributed by atoms with E-state index in [1.54, 1.807) is 0 Å². The molecule has 0 atom stereocenters. The second kappa shape index (κ2) is 7.41. The normalized spacial score (nSPS) is 11.7. The molecule has 8 heteroatoms. The van der Waals surface area contributed by atoms with Crippen LogP contribution in [0, 0.1) is 6.92 Å². The number of rotatable bonds is 5. The number of nitrogens with zero attached hydrogens (tertiary/aromatic N) is 2. The fourth-order valence-corrected chi connectivity index (χ4v) is 3.21. The van der Waals surface area contributed by atoms with Gasteiger partial charge in [0.1, 0.15) is 5.82 Å². The number of thioether (sulfide) groups is 1. The monoisotopic (exact) mass is 379 g/mol. The molecule has 0 spiro atoms. The topological polar surface area (TPSA) is 46.9 Å². The van der Waals surface area contributed by atoms with Crippen molar-refractivity contribution in [3.05, 3.63) is 59.9 Å². The third kappa shape index (κ3) is 4.37. The number of carbonyl (C=O) groups is 1. The second-order valence-corrected chi connectivity index (χ2v) is 6.77. The molecular formula is C18H16F3N3OS. The van der Waals surface area contributed by atoms with Crippen LogP contribution in [0.15, 0.2) is 53.4 Å². The number of aromatic nitrogens is 2. The van der Waals surface area contributed by atoms with Gasteiger partial charge in [-0.3, -0.25) is 4.79 Å². The smallest absolute Gasteiger partial charge is 0.350 e. The maximum absolute atomic E-state index is 12.3. The summed E-state index contributed by atoms with van der Waals surface area (Å²) in [4.78, 5) is 16.7. The van der Waals surface area contributed by atoms with Gasteiger partial charge in [-0.2, -0.15) is 13.2 Å². The number of hydrogen-bond acceptors (Lipinski definition) is 3. The van der Waals surface area contributed by atoms with Crippen molar-refractivity contribution in [2.24, 2.45) is 0 Å². The highest BCUT2D eigenvalue weighted by molar-refractivity contribution is 8.00. The third-order valence-electron chi connectivity index (χ3n) is 3.82. The first kappa shape index (κ1) is 18.3. The molecular weight excluding hydrogens is 363 g/mol. The van der Waals surface area contributed by atoms with Crippen molar-refractivity contribution < 1.29 is 18.0 Å². The summed E-state index contributed by atoms with van der Waals surface area (Å²) in [7, 11) is 0. The van der Waals surface area contributed by atoms with Crippen LogP contribution in [0.3, 0.4) is 0 Å². The van der Waals surface area contributed by atoms with Crippen LogP contribution in [0.2, 0.25) is 0 Å². The van der Waals surface area contributed by atoms with E-state index in [1.807, 2.05) is 35.8 Å². The van der Waals surface area contributed by atoms with E-state index in [0.717, 1.165) is 16.9 Å². The van der Waals surface area contributed by atoms with Crippen LogP contribution in [0.4, 0.5) is 13.2 Å². The number of alkyl halides is 3. The number of fused-ring (bicyclic) bond motifs is 1. The molecule has 3 aromatic rings. The van der Waals surface area contributed by atoms with Gasteiger partial charge in [-0.05, 0) is 55.1 Å². The summed E-state index contributed by atoms with van der Waals surface area (Å²) in [5, 5.41) is 2.78. The van der Waals surface area contributed by atoms with Crippen LogP contribution in [-0.4, -0.2) is 27.5 Å². The Hall–Kier alpha value is -2.48. The van der Waals surface area contributed by atoms with Crippen molar-refractivity contribution >= 4 is 28.7 Å². The highest BCUT2D eigenvalue weighted by atomic mass is 32.2. The number of aryl methyl sites for hydroxylation is 1. The standard InChI is InChI=1S/C18H16F3N3OS/c1-12-23-15-4-2-3-5-16(15)24(12)11-10-22-17(25)13-6-8-14(9-7-13)26-18(19,20)21/h2-9H,10-11H2,1H3,(H,22,25). The Balaban J connectivity index is 1.59. The van der Waals surface area contributed by atoms with Gasteiger partial charge in [0.05, 0.1) is 11.0 Å². The largest absolute Gasteiger partial charge is 0.446 e. The fourth-order valence-electron chi connectivity index (χ4n) is 2.67. The summed E-state index contributed by atoms with van der Waals surface area (Å²) < 4.78 is 39.0. The van der Waals surface area contributed by atoms with E-state index in [0.29, 0.717) is 18.7 Å². The predicted octanol–water partition coefficient (Wildman–Crippen LogP) is 4.39. The number of benzene rings is 2. The molecule has 0 unspecified atom stereocenters. The SMILES string of the molecule is Cc1nc2ccccc2n1CCNC(=O)c1ccc(SC(F)(F)F)cc1. The first-order chi connectivity index (χ1) is 12.3. The molecule has 1 aromatic heterocycles. The van der Waals surface area contributed by atoms with Crippen LogP contribution >= 0.6 is 11.8 Å². The Morgan fingerprint density at radius 2 is 1.85 bits per heavy atom. The van der Waals surface area contributed by atoms with Gasteiger partial charge >= 0.3 is 5.51 Å². The summed E-state index contributed by atoms with van der Waals surface area (Å²) >= 11 is -0.202. The van der Waals surface area contributed by atoms with Gasteiger partial charge in [0, 0.05) is 23.5 Å². The van der Waals surface area contributed by atoms with Crippen molar-refractivity contribution in [1.82, 2.24) is 14.9 Å². The molecule has 0 bridgehead atoms. The van der Waals surface area contributed by atoms with Crippen LogP contribution in [0.25, 0.3) is 11.0 Å². The van der Waals surface area contributed by atoms with Crippen LogP contribution in [0.1, 0.15) is 16.2 Å². The average molecular weight is 379 g/mol. The minimum Gasteiger partial charge on any atom is -0.350 e. The van der Waals surface area contributed by atoms with Gasteiger partial charge < -0.3 is 9.88 Å². The zero-order valence-corrected chi connectivity index (χ0v) is 14.7. The molecule has 0 aliphatic carbocycles. The van der Waals surface area contributed by atoms with E-state index in [-0.39, 0.29) is 22.6 Å². The highest BCUT2D eigenvalue weighted by Gasteiger charge is 2.29. The van der Waals surface area contributed by atoms with E-state index >= 15 is 0 Å². The Kier molecular flexibility index (Phi) is 5.22. The number of hydrogen-bond donors (Lipinski definition) is 1. The highest BCUT2D eigenvalue weighted by Crippen LogP contribution is 2.36. The number of para-hydroxylation sites is 2. The van der Waals surface area contributed by atoms with Gasteiger partial charge in [-0.25, -0.2) is 4.98 Å². The maximum atomic E-state index is 12.3. The second-order valence-electron chi connectivity index (χ2n) is 5.63. The Bertz CT molecular complexity index is 920. The molecule has 1 heterocycles. The van der Waals surface area contributed by atoms with Crippen LogP contribution in [-0.2, 0) is 6.54 Å². The minimum atomic E-state index is -4.34. The zero-order chi connectivity index (χ0) is 18.7. The first-order valence-electron chi connectivity index (χ1n) is 7.89. The minimum absolute atomic E-state index is 0.0505. The number of carbonyl (C=O) groups excluding carboxylic acids is 1. The number of nitrogens with one attached hydrogen (secondary N) is 1. The van der Waals surface area contributed by atoms with E-state index in [4.69, 9.17) is 0 Å². The lowest BCUT2D eigenvalue weighted by Gasteiger charge is -2.09. The van der Waals surface area contributed by atoms with E-state index in [2.05, 4.69) is 10.3 Å². The number of imidazole rings is 1. The molecule has 26 heavy (non-hydrogen) atoms. The molecule has 2 aromatic carbocycles. The molecule has 3 rings (SSSR count). The lowest BCUT2D eigenvalue weighted by molar-refractivity contribution is -0.0328. The fraction of sp³-hybridized carbons (Fsp3) is 0.222. The molecule has 1 amide bonds. The van der Waals surface area contributed by atoms with Crippen molar-refractivity contribution in [3.8, 4) is 0 Å². The summed E-state index contributed by atoms with van der Waals surface area (Å²) in [6, 6.07) is 13.1. The third-order valence-corrected chi connectivity index (χ3v) is 4.56. The summed E-state index contributed by atoms with van der Waals surface area (Å²) in [6.07, 6.45) is 0. The van der Waals surface area contributed by atoms with E-state index < -0.39 is 5.51 Å². The molecule has 0 saturated carbocycles. The summed E-state index contributed by atoms with van der Waals surface area (Å²) in [6.45, 7) is 2.85. The maximum Gasteiger partial charge on any atom is 0.446 e. The number of halogens is 3. The average Bonchev–Trinajstić information content (AvgIpc) is 2.90.